The minimum atomic E-state index is -0.542. The van der Waals surface area contributed by atoms with Crippen LogP contribution in [-0.4, -0.2) is 17.8 Å². The topological polar surface area (TPSA) is 72.3 Å². The van der Waals surface area contributed by atoms with Gasteiger partial charge in [-0.05, 0) is 56.0 Å². The van der Waals surface area contributed by atoms with Crippen LogP contribution in [0, 0.1) is 0 Å². The molecular formula is C14H22N2O. The molecular weight excluding hydrogens is 212 g/mol. The van der Waals surface area contributed by atoms with Gasteiger partial charge < -0.3 is 16.6 Å². The van der Waals surface area contributed by atoms with Crippen LogP contribution in [0.4, 0.5) is 0 Å². The van der Waals surface area contributed by atoms with Crippen LogP contribution in [0.25, 0.3) is 0 Å². The maximum absolute atomic E-state index is 10.2. The van der Waals surface area contributed by atoms with Gasteiger partial charge in [-0.1, -0.05) is 18.2 Å². The SMILES string of the molecule is CC=C1C=C(C=C(N)CCN)C(O)C(=CC)C1. The van der Waals surface area contributed by atoms with E-state index in [0.29, 0.717) is 18.7 Å². The summed E-state index contributed by atoms with van der Waals surface area (Å²) in [6, 6.07) is 0. The molecule has 0 aromatic rings. The van der Waals surface area contributed by atoms with Crippen LogP contribution in [0.2, 0.25) is 0 Å². The summed E-state index contributed by atoms with van der Waals surface area (Å²) in [7, 11) is 0. The lowest BCUT2D eigenvalue weighted by molar-refractivity contribution is 0.244. The summed E-state index contributed by atoms with van der Waals surface area (Å²) in [4.78, 5) is 0. The highest BCUT2D eigenvalue weighted by molar-refractivity contribution is 5.45. The van der Waals surface area contributed by atoms with Crippen molar-refractivity contribution in [1.29, 1.82) is 0 Å². The van der Waals surface area contributed by atoms with Crippen molar-refractivity contribution in [2.24, 2.45) is 11.5 Å². The Morgan fingerprint density at radius 1 is 1.47 bits per heavy atom. The smallest absolute Gasteiger partial charge is 0.100 e. The number of nitrogens with two attached hydrogens (primary N) is 2. The molecule has 0 saturated heterocycles. The van der Waals surface area contributed by atoms with E-state index >= 15 is 0 Å². The number of hydrogen-bond donors (Lipinski definition) is 3. The van der Waals surface area contributed by atoms with E-state index in [9.17, 15) is 5.11 Å². The molecule has 0 aliphatic heterocycles. The van der Waals surface area contributed by atoms with Gasteiger partial charge in [-0.2, -0.15) is 0 Å². The normalized spacial score (nSPS) is 26.5. The van der Waals surface area contributed by atoms with E-state index in [1.807, 2.05) is 32.1 Å². The van der Waals surface area contributed by atoms with E-state index in [2.05, 4.69) is 6.08 Å². The first-order valence-corrected chi connectivity index (χ1v) is 5.98. The lowest BCUT2D eigenvalue weighted by atomic mass is 9.87. The molecule has 0 bridgehead atoms. The zero-order valence-electron chi connectivity index (χ0n) is 10.6. The fraction of sp³-hybridized carbons (Fsp3) is 0.429. The molecule has 1 rings (SSSR count). The van der Waals surface area contributed by atoms with Crippen LogP contribution in [0.1, 0.15) is 26.7 Å². The predicted octanol–water partition coefficient (Wildman–Crippen LogP) is 1.76. The number of rotatable bonds is 3. The van der Waals surface area contributed by atoms with Gasteiger partial charge in [0.1, 0.15) is 6.10 Å². The van der Waals surface area contributed by atoms with Crippen molar-refractivity contribution in [2.45, 2.75) is 32.8 Å². The van der Waals surface area contributed by atoms with Crippen molar-refractivity contribution in [3.63, 3.8) is 0 Å². The zero-order valence-corrected chi connectivity index (χ0v) is 10.6. The second kappa shape index (κ2) is 6.42. The van der Waals surface area contributed by atoms with E-state index in [1.165, 1.54) is 5.57 Å². The van der Waals surface area contributed by atoms with E-state index in [-0.39, 0.29) is 0 Å². The first-order chi connectivity index (χ1) is 8.12. The molecule has 17 heavy (non-hydrogen) atoms. The average molecular weight is 234 g/mol. The summed E-state index contributed by atoms with van der Waals surface area (Å²) in [5.41, 5.74) is 15.1. The molecule has 5 N–H and O–H groups in total. The van der Waals surface area contributed by atoms with Gasteiger partial charge in [0.15, 0.2) is 0 Å². The summed E-state index contributed by atoms with van der Waals surface area (Å²) in [5, 5.41) is 10.2. The molecule has 1 unspecified atom stereocenters. The van der Waals surface area contributed by atoms with Crippen molar-refractivity contribution in [3.05, 3.63) is 46.7 Å². The molecule has 0 fully saturated rings. The maximum Gasteiger partial charge on any atom is 0.100 e. The summed E-state index contributed by atoms with van der Waals surface area (Å²) in [5.74, 6) is 0. The van der Waals surface area contributed by atoms with Gasteiger partial charge in [-0.25, -0.2) is 0 Å². The monoisotopic (exact) mass is 234 g/mol. The molecule has 3 nitrogen and oxygen atoms in total. The van der Waals surface area contributed by atoms with Crippen molar-refractivity contribution in [2.75, 3.05) is 6.54 Å². The minimum absolute atomic E-state index is 0.526. The summed E-state index contributed by atoms with van der Waals surface area (Å²) >= 11 is 0. The standard InChI is InChI=1S/C14H22N2O/c1-3-10-7-11(4-2)14(17)12(8-10)9-13(16)5-6-15/h3-4,8-9,14,17H,5-7,15-16H2,1-2H3. The lowest BCUT2D eigenvalue weighted by Crippen LogP contribution is -2.18. The van der Waals surface area contributed by atoms with E-state index in [0.717, 1.165) is 17.6 Å². The highest BCUT2D eigenvalue weighted by atomic mass is 16.3. The van der Waals surface area contributed by atoms with Crippen molar-refractivity contribution in [1.82, 2.24) is 0 Å². The van der Waals surface area contributed by atoms with Crippen LogP contribution in [0.5, 0.6) is 0 Å². The Morgan fingerprint density at radius 2 is 2.18 bits per heavy atom. The van der Waals surface area contributed by atoms with Gasteiger partial charge in [0.2, 0.25) is 0 Å². The minimum Gasteiger partial charge on any atom is -0.402 e. The molecule has 0 radical (unpaired) electrons. The molecule has 3 heteroatoms. The van der Waals surface area contributed by atoms with Crippen molar-refractivity contribution < 1.29 is 5.11 Å². The molecule has 0 spiro atoms. The van der Waals surface area contributed by atoms with Crippen molar-refractivity contribution in [3.8, 4) is 0 Å². The number of allylic oxidation sites excluding steroid dienone is 4. The number of aliphatic hydroxyl groups is 1. The number of aliphatic hydroxyl groups excluding tert-OH is 1. The second-order valence-electron chi connectivity index (χ2n) is 4.21. The Labute approximate surface area is 103 Å². The number of hydrogen-bond acceptors (Lipinski definition) is 3. The van der Waals surface area contributed by atoms with Crippen LogP contribution in [0.3, 0.4) is 0 Å². The Kier molecular flexibility index (Phi) is 5.19. The van der Waals surface area contributed by atoms with E-state index < -0.39 is 6.10 Å². The molecule has 0 saturated carbocycles. The molecule has 94 valence electrons. The fourth-order valence-electron chi connectivity index (χ4n) is 1.91. The third-order valence-corrected chi connectivity index (χ3v) is 2.95. The predicted molar refractivity (Wildman–Crippen MR) is 72.2 cm³/mol. The Hall–Kier alpha value is -1.32. The summed E-state index contributed by atoms with van der Waals surface area (Å²) in [6.07, 6.45) is 8.78. The largest absolute Gasteiger partial charge is 0.402 e. The average Bonchev–Trinajstić information content (AvgIpc) is 2.32. The van der Waals surface area contributed by atoms with Crippen LogP contribution < -0.4 is 11.5 Å². The van der Waals surface area contributed by atoms with Crippen LogP contribution >= 0.6 is 0 Å². The fourth-order valence-corrected chi connectivity index (χ4v) is 1.91. The van der Waals surface area contributed by atoms with Crippen LogP contribution in [0.15, 0.2) is 46.7 Å². The zero-order chi connectivity index (χ0) is 12.8. The van der Waals surface area contributed by atoms with Gasteiger partial charge in [-0.15, -0.1) is 0 Å². The molecule has 0 aromatic heterocycles. The quantitative estimate of drug-likeness (QED) is 0.652. The second-order valence-corrected chi connectivity index (χ2v) is 4.21. The summed E-state index contributed by atoms with van der Waals surface area (Å²) < 4.78 is 0. The molecule has 1 atom stereocenters. The first-order valence-electron chi connectivity index (χ1n) is 5.98. The van der Waals surface area contributed by atoms with Crippen LogP contribution in [-0.2, 0) is 0 Å². The highest BCUT2D eigenvalue weighted by Crippen LogP contribution is 2.28. The highest BCUT2D eigenvalue weighted by Gasteiger charge is 2.20. The van der Waals surface area contributed by atoms with E-state index in [4.69, 9.17) is 11.5 Å². The Morgan fingerprint density at radius 3 is 2.71 bits per heavy atom. The Bertz CT molecular complexity index is 389. The van der Waals surface area contributed by atoms with Gasteiger partial charge in [0.25, 0.3) is 0 Å². The first kappa shape index (κ1) is 13.7. The van der Waals surface area contributed by atoms with Gasteiger partial charge in [0, 0.05) is 5.70 Å². The molecule has 0 amide bonds. The third-order valence-electron chi connectivity index (χ3n) is 2.95. The van der Waals surface area contributed by atoms with Gasteiger partial charge in [-0.3, -0.25) is 0 Å². The van der Waals surface area contributed by atoms with E-state index in [1.54, 1.807) is 0 Å². The summed E-state index contributed by atoms with van der Waals surface area (Å²) in [6.45, 7) is 4.47. The third kappa shape index (κ3) is 3.58. The van der Waals surface area contributed by atoms with Gasteiger partial charge in [0.05, 0.1) is 0 Å². The molecule has 1 aliphatic carbocycles. The maximum atomic E-state index is 10.2. The molecule has 0 heterocycles. The Balaban J connectivity index is 3.03. The molecule has 0 aromatic carbocycles. The van der Waals surface area contributed by atoms with Crippen molar-refractivity contribution >= 4 is 0 Å². The lowest BCUT2D eigenvalue weighted by Gasteiger charge is -2.23. The molecule has 1 aliphatic rings. The van der Waals surface area contributed by atoms with Gasteiger partial charge >= 0.3 is 0 Å².